The minimum Gasteiger partial charge on any atom is -0.466 e. The molecule has 1 saturated heterocycles. The van der Waals surface area contributed by atoms with Crippen LogP contribution in [0.25, 0.3) is 16.2 Å². The molecule has 1 aliphatic heterocycles. The predicted molar refractivity (Wildman–Crippen MR) is 145 cm³/mol. The number of benzene rings is 1. The van der Waals surface area contributed by atoms with E-state index >= 15 is 0 Å². The lowest BCUT2D eigenvalue weighted by Gasteiger charge is -2.34. The Kier molecular flexibility index (Phi) is 7.36. The number of ether oxygens (including phenoxy) is 1. The second-order valence-corrected chi connectivity index (χ2v) is 10.7. The molecule has 10 heteroatoms. The van der Waals surface area contributed by atoms with Gasteiger partial charge in [0.1, 0.15) is 6.10 Å². The third kappa shape index (κ3) is 5.58. The molecule has 4 heterocycles. The second kappa shape index (κ2) is 10.8. The van der Waals surface area contributed by atoms with Crippen molar-refractivity contribution in [2.45, 2.75) is 45.6 Å². The normalized spacial score (nSPS) is 15.2. The number of rotatable bonds is 8. The van der Waals surface area contributed by atoms with Crippen molar-refractivity contribution in [3.63, 3.8) is 0 Å². The Morgan fingerprint density at radius 3 is 2.49 bits per heavy atom. The molecule has 0 aliphatic carbocycles. The first-order chi connectivity index (χ1) is 17.9. The third-order valence-corrected chi connectivity index (χ3v) is 7.68. The van der Waals surface area contributed by atoms with Gasteiger partial charge in [0.05, 0.1) is 11.9 Å². The van der Waals surface area contributed by atoms with Gasteiger partial charge in [-0.05, 0) is 61.1 Å². The number of carbonyl (C=O) groups is 1. The van der Waals surface area contributed by atoms with Crippen LogP contribution in [-0.4, -0.2) is 68.7 Å². The van der Waals surface area contributed by atoms with Crippen molar-refractivity contribution in [3.8, 4) is 16.5 Å². The average molecular weight is 520 g/mol. The largest absolute Gasteiger partial charge is 0.466 e. The van der Waals surface area contributed by atoms with Crippen LogP contribution in [0.3, 0.4) is 0 Å². The van der Waals surface area contributed by atoms with E-state index in [0.29, 0.717) is 16.7 Å². The van der Waals surface area contributed by atoms with Crippen molar-refractivity contribution in [2.24, 2.45) is 5.92 Å². The van der Waals surface area contributed by atoms with Gasteiger partial charge in [0.2, 0.25) is 10.9 Å². The summed E-state index contributed by atoms with van der Waals surface area (Å²) < 4.78 is 8.01. The number of fused-ring (bicyclic) bond motifs is 1. The number of carbonyl (C=O) groups excluding carboxylic acids is 1. The Bertz CT molecular complexity index is 1310. The van der Waals surface area contributed by atoms with Crippen molar-refractivity contribution in [1.82, 2.24) is 29.5 Å². The van der Waals surface area contributed by atoms with Crippen molar-refractivity contribution in [2.75, 3.05) is 32.1 Å². The van der Waals surface area contributed by atoms with Crippen LogP contribution in [-0.2, 0) is 6.42 Å². The average Bonchev–Trinajstić information content (AvgIpc) is 3.48. The molecule has 0 spiro atoms. The van der Waals surface area contributed by atoms with Gasteiger partial charge < -0.3 is 14.5 Å². The summed E-state index contributed by atoms with van der Waals surface area (Å²) in [5, 5.41) is 5.24. The van der Waals surface area contributed by atoms with Crippen molar-refractivity contribution < 1.29 is 9.53 Å². The molecule has 4 aromatic rings. The summed E-state index contributed by atoms with van der Waals surface area (Å²) in [6.07, 6.45) is 10.0. The lowest BCUT2D eigenvalue weighted by molar-refractivity contribution is 0.0827. The standard InChI is InChI=1S/C27H33N7O2S/c1-5-6-19-15-28-25(29-16-19)33-13-11-20(12-14-33)18(2)36-27-31-34-17-23(30-26(34)37-27)21-7-9-22(10-8-21)24(35)32(3)4/h7-10,15-18,20H,5-6,11-14H2,1-4H3. The Labute approximate surface area is 221 Å². The molecule has 3 aromatic heterocycles. The summed E-state index contributed by atoms with van der Waals surface area (Å²) >= 11 is 1.45. The molecule has 1 aliphatic rings. The highest BCUT2D eigenvalue weighted by Gasteiger charge is 2.27. The maximum absolute atomic E-state index is 12.1. The van der Waals surface area contributed by atoms with E-state index in [1.54, 1.807) is 23.5 Å². The molecule has 0 N–H and O–H groups in total. The van der Waals surface area contributed by atoms with E-state index < -0.39 is 0 Å². The van der Waals surface area contributed by atoms with Crippen LogP contribution in [0.2, 0.25) is 0 Å². The van der Waals surface area contributed by atoms with Gasteiger partial charge in [0.15, 0.2) is 0 Å². The fourth-order valence-electron chi connectivity index (χ4n) is 4.66. The highest BCUT2D eigenvalue weighted by molar-refractivity contribution is 7.18. The Balaban J connectivity index is 1.17. The number of nitrogens with zero attached hydrogens (tertiary/aromatic N) is 7. The van der Waals surface area contributed by atoms with E-state index in [1.165, 1.54) is 16.9 Å². The summed E-state index contributed by atoms with van der Waals surface area (Å²) in [6, 6.07) is 7.49. The Morgan fingerprint density at radius 1 is 1.16 bits per heavy atom. The lowest BCUT2D eigenvalue weighted by atomic mass is 9.92. The molecule has 1 atom stereocenters. The summed E-state index contributed by atoms with van der Waals surface area (Å²) in [5.41, 5.74) is 3.61. The van der Waals surface area contributed by atoms with Gasteiger partial charge in [-0.25, -0.2) is 19.5 Å². The van der Waals surface area contributed by atoms with Crippen LogP contribution in [0.1, 0.15) is 49.0 Å². The van der Waals surface area contributed by atoms with Gasteiger partial charge in [-0.15, -0.1) is 5.10 Å². The fraction of sp³-hybridized carbons (Fsp3) is 0.444. The predicted octanol–water partition coefficient (Wildman–Crippen LogP) is 4.59. The molecule has 1 aromatic carbocycles. The molecule has 5 rings (SSSR count). The van der Waals surface area contributed by atoms with E-state index in [-0.39, 0.29) is 12.0 Å². The van der Waals surface area contributed by atoms with Crippen molar-refractivity contribution >= 4 is 28.2 Å². The Morgan fingerprint density at radius 2 is 1.86 bits per heavy atom. The van der Waals surface area contributed by atoms with E-state index in [0.717, 1.165) is 60.9 Å². The highest BCUT2D eigenvalue weighted by Crippen LogP contribution is 2.30. The molecule has 1 fully saturated rings. The maximum Gasteiger partial charge on any atom is 0.294 e. The van der Waals surface area contributed by atoms with Crippen molar-refractivity contribution in [1.29, 1.82) is 0 Å². The molecule has 9 nitrogen and oxygen atoms in total. The van der Waals surface area contributed by atoms with Crippen molar-refractivity contribution in [3.05, 3.63) is 54.0 Å². The first-order valence-corrected chi connectivity index (χ1v) is 13.6. The minimum absolute atomic E-state index is 0.0185. The first kappa shape index (κ1) is 25.1. The lowest BCUT2D eigenvalue weighted by Crippen LogP contribution is -2.39. The topological polar surface area (TPSA) is 88.8 Å². The number of hydrogen-bond acceptors (Lipinski definition) is 8. The van der Waals surface area contributed by atoms with Gasteiger partial charge in [-0.3, -0.25) is 4.79 Å². The summed E-state index contributed by atoms with van der Waals surface area (Å²) in [6.45, 7) is 6.15. The van der Waals surface area contributed by atoms with Gasteiger partial charge in [-0.1, -0.05) is 25.5 Å². The monoisotopic (exact) mass is 519 g/mol. The molecule has 1 amide bonds. The van der Waals surface area contributed by atoms with Gasteiger partial charge in [-0.2, -0.15) is 0 Å². The first-order valence-electron chi connectivity index (χ1n) is 12.8. The smallest absolute Gasteiger partial charge is 0.294 e. The molecule has 0 radical (unpaired) electrons. The number of anilines is 1. The van der Waals surface area contributed by atoms with Crippen LogP contribution >= 0.6 is 11.3 Å². The molecule has 1 unspecified atom stereocenters. The highest BCUT2D eigenvalue weighted by atomic mass is 32.1. The number of amides is 1. The SMILES string of the molecule is CCCc1cnc(N2CCC(C(C)Oc3nn4cc(-c5ccc(C(=O)N(C)C)cc5)nc4s3)CC2)nc1. The zero-order valence-electron chi connectivity index (χ0n) is 21.8. The van der Waals surface area contributed by atoms with Crippen LogP contribution < -0.4 is 9.64 Å². The molecular formula is C27H33N7O2S. The molecular weight excluding hydrogens is 486 g/mol. The van der Waals surface area contributed by atoms with Crippen LogP contribution in [0.4, 0.5) is 5.95 Å². The van der Waals surface area contributed by atoms with E-state index in [9.17, 15) is 4.79 Å². The maximum atomic E-state index is 12.1. The quantitative estimate of drug-likeness (QED) is 0.336. The third-order valence-electron chi connectivity index (χ3n) is 6.86. The number of imidazole rings is 1. The number of aromatic nitrogens is 5. The summed E-state index contributed by atoms with van der Waals surface area (Å²) in [4.78, 5) is 30.6. The van der Waals surface area contributed by atoms with Crippen LogP contribution in [0, 0.1) is 5.92 Å². The fourth-order valence-corrected chi connectivity index (χ4v) is 5.48. The summed E-state index contributed by atoms with van der Waals surface area (Å²) in [7, 11) is 3.49. The zero-order valence-corrected chi connectivity index (χ0v) is 22.6. The Hall–Kier alpha value is -3.53. The second-order valence-electron chi connectivity index (χ2n) is 9.79. The zero-order chi connectivity index (χ0) is 25.9. The van der Waals surface area contributed by atoms with Gasteiger partial charge in [0, 0.05) is 50.7 Å². The molecule has 194 valence electrons. The van der Waals surface area contributed by atoms with E-state index in [1.807, 2.05) is 42.9 Å². The number of aryl methyl sites for hydroxylation is 1. The summed E-state index contributed by atoms with van der Waals surface area (Å²) in [5.74, 6) is 1.25. The number of hydrogen-bond donors (Lipinski definition) is 0. The van der Waals surface area contributed by atoms with E-state index in [4.69, 9.17) is 9.72 Å². The van der Waals surface area contributed by atoms with Gasteiger partial charge in [0.25, 0.3) is 11.1 Å². The van der Waals surface area contributed by atoms with Crippen LogP contribution in [0.5, 0.6) is 5.19 Å². The van der Waals surface area contributed by atoms with E-state index in [2.05, 4.69) is 33.8 Å². The van der Waals surface area contributed by atoms with Gasteiger partial charge >= 0.3 is 0 Å². The number of piperidine rings is 1. The molecule has 0 bridgehead atoms. The molecule has 0 saturated carbocycles. The van der Waals surface area contributed by atoms with Crippen LogP contribution in [0.15, 0.2) is 42.9 Å². The molecule has 37 heavy (non-hydrogen) atoms. The minimum atomic E-state index is -0.0185.